The third-order valence-electron chi connectivity index (χ3n) is 3.09. The molecule has 0 amide bonds. The fraction of sp³-hybridized carbons (Fsp3) is 0.118. The van der Waals surface area contributed by atoms with E-state index in [0.29, 0.717) is 5.69 Å². The molecule has 0 fully saturated rings. The molecule has 2 rings (SSSR count). The number of rotatable bonds is 3. The highest BCUT2D eigenvalue weighted by Crippen LogP contribution is 2.29. The summed E-state index contributed by atoms with van der Waals surface area (Å²) in [5.74, 6) is 2.54. The summed E-state index contributed by atoms with van der Waals surface area (Å²) in [5.41, 5.74) is 5.68. The molecule has 2 aromatic rings. The van der Waals surface area contributed by atoms with E-state index in [0.717, 1.165) is 27.9 Å². The Balaban J connectivity index is 2.46. The van der Waals surface area contributed by atoms with Gasteiger partial charge >= 0.3 is 0 Å². The van der Waals surface area contributed by atoms with Gasteiger partial charge in [-0.15, -0.1) is 0 Å². The smallest absolute Gasteiger partial charge is 0.211 e. The van der Waals surface area contributed by atoms with Crippen molar-refractivity contribution in [3.8, 4) is 11.1 Å². The van der Waals surface area contributed by atoms with Crippen LogP contribution < -0.4 is 0 Å². The minimum absolute atomic E-state index is 0.647. The molecule has 98 valence electrons. The van der Waals surface area contributed by atoms with E-state index >= 15 is 0 Å². The van der Waals surface area contributed by atoms with Crippen molar-refractivity contribution in [2.45, 2.75) is 13.8 Å². The second kappa shape index (κ2) is 5.94. The van der Waals surface area contributed by atoms with Gasteiger partial charge in [-0.2, -0.15) is 4.99 Å². The summed E-state index contributed by atoms with van der Waals surface area (Å²) in [4.78, 5) is 18.1. The van der Waals surface area contributed by atoms with Gasteiger partial charge in [0.2, 0.25) is 6.08 Å². The monoisotopic (exact) mass is 262 g/mol. The van der Waals surface area contributed by atoms with Gasteiger partial charge in [-0.25, -0.2) is 9.79 Å². The highest BCUT2D eigenvalue weighted by Gasteiger charge is 2.04. The molecule has 0 aliphatic heterocycles. The molecule has 0 saturated heterocycles. The van der Waals surface area contributed by atoms with Crippen LogP contribution in [0.5, 0.6) is 0 Å². The largest absolute Gasteiger partial charge is 0.240 e. The van der Waals surface area contributed by atoms with Gasteiger partial charge in [0.1, 0.15) is 0 Å². The summed E-state index contributed by atoms with van der Waals surface area (Å²) in [6, 6.07) is 11.8. The topological polar surface area (TPSA) is 41.8 Å². The Kier molecular flexibility index (Phi) is 4.07. The van der Waals surface area contributed by atoms with Crippen molar-refractivity contribution in [1.82, 2.24) is 0 Å². The predicted octanol–water partition coefficient (Wildman–Crippen LogP) is 4.42. The van der Waals surface area contributed by atoms with E-state index in [1.165, 1.54) is 0 Å². The zero-order chi connectivity index (χ0) is 14.5. The lowest BCUT2D eigenvalue weighted by molar-refractivity contribution is 0.565. The second-order valence-corrected chi connectivity index (χ2v) is 4.48. The lowest BCUT2D eigenvalue weighted by Crippen LogP contribution is -1.83. The first-order valence-corrected chi connectivity index (χ1v) is 6.18. The summed E-state index contributed by atoms with van der Waals surface area (Å²) >= 11 is 0. The second-order valence-electron chi connectivity index (χ2n) is 4.48. The standard InChI is InChI=1S/C17H14N2O/c1-4-18-16-7-5-14(9-12(16)2)15-6-8-17(19-11-20)13(3)10-15/h5-10H,1H2,2-3H3. The van der Waals surface area contributed by atoms with Crippen LogP contribution in [0.3, 0.4) is 0 Å². The molecule has 3 heteroatoms. The Morgan fingerprint density at radius 3 is 1.80 bits per heavy atom. The SMILES string of the molecule is C=C=Nc1ccc(-c2ccc(N=C=O)c(C)c2)cc1C. The van der Waals surface area contributed by atoms with Crippen LogP contribution in [0.25, 0.3) is 11.1 Å². The van der Waals surface area contributed by atoms with Gasteiger partial charge in [0.15, 0.2) is 0 Å². The van der Waals surface area contributed by atoms with Gasteiger partial charge in [0.05, 0.1) is 11.4 Å². The molecule has 0 aromatic heterocycles. The summed E-state index contributed by atoms with van der Waals surface area (Å²) in [7, 11) is 0. The maximum atomic E-state index is 10.3. The number of aryl methyl sites for hydroxylation is 2. The molecule has 0 aliphatic carbocycles. The molecule has 0 heterocycles. The van der Waals surface area contributed by atoms with Gasteiger partial charge in [0, 0.05) is 0 Å². The van der Waals surface area contributed by atoms with E-state index in [4.69, 9.17) is 0 Å². The summed E-state index contributed by atoms with van der Waals surface area (Å²) in [6.45, 7) is 7.40. The van der Waals surface area contributed by atoms with E-state index in [1.54, 1.807) is 6.08 Å². The molecule has 3 nitrogen and oxygen atoms in total. The molecule has 0 spiro atoms. The maximum Gasteiger partial charge on any atom is 0.240 e. The van der Waals surface area contributed by atoms with Crippen LogP contribution in [-0.2, 0) is 4.79 Å². The Morgan fingerprint density at radius 2 is 1.40 bits per heavy atom. The van der Waals surface area contributed by atoms with Crippen LogP contribution in [0, 0.1) is 13.8 Å². The Labute approximate surface area is 118 Å². The van der Waals surface area contributed by atoms with Crippen LogP contribution in [0.15, 0.2) is 53.0 Å². The van der Waals surface area contributed by atoms with Gasteiger partial charge in [-0.05, 0) is 72.8 Å². The van der Waals surface area contributed by atoms with Gasteiger partial charge in [-0.3, -0.25) is 0 Å². The number of nitrogens with zero attached hydrogens (tertiary/aromatic N) is 2. The van der Waals surface area contributed by atoms with Crippen molar-refractivity contribution in [3.63, 3.8) is 0 Å². The first kappa shape index (κ1) is 13.7. The third kappa shape index (κ3) is 2.81. The molecule has 0 aliphatic rings. The van der Waals surface area contributed by atoms with Gasteiger partial charge < -0.3 is 0 Å². The molecule has 2 aromatic carbocycles. The normalized spacial score (nSPS) is 9.50. The number of aliphatic imine (C=N–C) groups is 2. The molecule has 0 bridgehead atoms. The van der Waals surface area contributed by atoms with E-state index in [2.05, 4.69) is 28.5 Å². The summed E-state index contributed by atoms with van der Waals surface area (Å²) < 4.78 is 0. The molecule has 0 atom stereocenters. The molecular weight excluding hydrogens is 248 g/mol. The fourth-order valence-electron chi connectivity index (χ4n) is 2.06. The molecule has 20 heavy (non-hydrogen) atoms. The van der Waals surface area contributed by atoms with Gasteiger partial charge in [0.25, 0.3) is 0 Å². The highest BCUT2D eigenvalue weighted by molar-refractivity contribution is 5.71. The predicted molar refractivity (Wildman–Crippen MR) is 81.9 cm³/mol. The first-order valence-electron chi connectivity index (χ1n) is 6.18. The Morgan fingerprint density at radius 1 is 0.900 bits per heavy atom. The van der Waals surface area contributed by atoms with E-state index in [-0.39, 0.29) is 0 Å². The lowest BCUT2D eigenvalue weighted by Gasteiger charge is -2.07. The Bertz CT molecular complexity index is 684. The quantitative estimate of drug-likeness (QED) is 0.596. The number of isocyanates is 1. The fourth-order valence-corrected chi connectivity index (χ4v) is 2.06. The average Bonchev–Trinajstić information content (AvgIpc) is 2.44. The van der Waals surface area contributed by atoms with Crippen LogP contribution in [0.4, 0.5) is 11.4 Å². The van der Waals surface area contributed by atoms with Crippen molar-refractivity contribution < 1.29 is 4.79 Å². The van der Waals surface area contributed by atoms with Crippen LogP contribution in [-0.4, -0.2) is 11.9 Å². The van der Waals surface area contributed by atoms with Crippen LogP contribution >= 0.6 is 0 Å². The van der Waals surface area contributed by atoms with Crippen molar-refractivity contribution in [2.75, 3.05) is 0 Å². The summed E-state index contributed by atoms with van der Waals surface area (Å²) in [5, 5.41) is 0. The lowest BCUT2D eigenvalue weighted by atomic mass is 10.00. The van der Waals surface area contributed by atoms with Gasteiger partial charge in [-0.1, -0.05) is 12.1 Å². The number of hydrogen-bond donors (Lipinski definition) is 0. The first-order chi connectivity index (χ1) is 9.65. The highest BCUT2D eigenvalue weighted by atomic mass is 16.1. The van der Waals surface area contributed by atoms with E-state index in [1.807, 2.05) is 44.2 Å². The number of benzene rings is 2. The average molecular weight is 262 g/mol. The minimum Gasteiger partial charge on any atom is -0.211 e. The van der Waals surface area contributed by atoms with E-state index < -0.39 is 0 Å². The van der Waals surface area contributed by atoms with Crippen molar-refractivity contribution in [3.05, 3.63) is 54.1 Å². The van der Waals surface area contributed by atoms with Crippen molar-refractivity contribution in [1.29, 1.82) is 0 Å². The van der Waals surface area contributed by atoms with Crippen LogP contribution in [0.2, 0.25) is 0 Å². The summed E-state index contributed by atoms with van der Waals surface area (Å²) in [6.07, 6.45) is 1.56. The molecular formula is C17H14N2O. The molecule has 0 unspecified atom stereocenters. The van der Waals surface area contributed by atoms with E-state index in [9.17, 15) is 4.79 Å². The minimum atomic E-state index is 0.647. The van der Waals surface area contributed by atoms with Crippen molar-refractivity contribution in [2.24, 2.45) is 9.98 Å². The number of carbonyl (C=O) groups excluding carboxylic acids is 1. The van der Waals surface area contributed by atoms with Crippen molar-refractivity contribution >= 4 is 23.3 Å². The zero-order valence-electron chi connectivity index (χ0n) is 11.5. The maximum absolute atomic E-state index is 10.3. The van der Waals surface area contributed by atoms with Crippen LogP contribution in [0.1, 0.15) is 11.1 Å². The third-order valence-corrected chi connectivity index (χ3v) is 3.09. The molecule has 0 saturated carbocycles. The molecule has 0 radical (unpaired) electrons. The Hall–Kier alpha value is -2.73. The number of hydrogen-bond acceptors (Lipinski definition) is 3. The molecule has 0 N–H and O–H groups in total. The zero-order valence-corrected chi connectivity index (χ0v) is 11.5.